The fourth-order valence-electron chi connectivity index (χ4n) is 4.81. The average Bonchev–Trinajstić information content (AvgIpc) is 3.17. The smallest absolute Gasteiger partial charge is 0.310 e. The zero-order valence-electron chi connectivity index (χ0n) is 13.9. The number of aryl methyl sites for hydroxylation is 1. The van der Waals surface area contributed by atoms with Gasteiger partial charge in [0.15, 0.2) is 0 Å². The number of anilines is 1. The lowest BCUT2D eigenvalue weighted by atomic mass is 9.84. The minimum absolute atomic E-state index is 0.00241. The van der Waals surface area contributed by atoms with Gasteiger partial charge >= 0.3 is 5.97 Å². The van der Waals surface area contributed by atoms with Gasteiger partial charge in [-0.25, -0.2) is 0 Å². The van der Waals surface area contributed by atoms with Crippen LogP contribution in [0, 0.1) is 12.8 Å². The average molecular weight is 393 g/mol. The van der Waals surface area contributed by atoms with E-state index in [2.05, 4.69) is 26.1 Å². The maximum atomic E-state index is 13.1. The van der Waals surface area contributed by atoms with Crippen LogP contribution in [0.2, 0.25) is 0 Å². The number of rotatable bonds is 2. The highest BCUT2D eigenvalue weighted by Crippen LogP contribution is 2.55. The fraction of sp³-hybridized carbons (Fsp3) is 0.556. The number of benzene rings is 1. The first kappa shape index (κ1) is 16.1. The quantitative estimate of drug-likeness (QED) is 0.785. The molecule has 1 amide bonds. The Labute approximate surface area is 149 Å². The second-order valence-corrected chi connectivity index (χ2v) is 7.84. The van der Waals surface area contributed by atoms with Crippen molar-refractivity contribution in [3.8, 4) is 0 Å². The van der Waals surface area contributed by atoms with E-state index in [4.69, 9.17) is 4.74 Å². The van der Waals surface area contributed by atoms with E-state index >= 15 is 0 Å². The maximum Gasteiger partial charge on any atom is 0.310 e. The van der Waals surface area contributed by atoms with Gasteiger partial charge in [0.05, 0.1) is 12.5 Å². The molecule has 0 bridgehead atoms. The van der Waals surface area contributed by atoms with Crippen LogP contribution in [-0.2, 0) is 19.9 Å². The summed E-state index contributed by atoms with van der Waals surface area (Å²) in [5, 5.41) is 3.08. The second kappa shape index (κ2) is 5.56. The van der Waals surface area contributed by atoms with Crippen LogP contribution in [-0.4, -0.2) is 36.0 Å². The van der Waals surface area contributed by atoms with E-state index in [1.807, 2.05) is 26.0 Å². The summed E-state index contributed by atoms with van der Waals surface area (Å²) in [7, 11) is 0. The molecule has 0 aliphatic carbocycles. The van der Waals surface area contributed by atoms with Crippen LogP contribution in [0.3, 0.4) is 0 Å². The van der Waals surface area contributed by atoms with Crippen molar-refractivity contribution in [1.82, 2.24) is 4.90 Å². The molecule has 24 heavy (non-hydrogen) atoms. The molecule has 3 heterocycles. The van der Waals surface area contributed by atoms with Crippen LogP contribution in [0.25, 0.3) is 0 Å². The Hall–Kier alpha value is -1.40. The predicted molar refractivity (Wildman–Crippen MR) is 93.7 cm³/mol. The van der Waals surface area contributed by atoms with E-state index in [-0.39, 0.29) is 23.8 Å². The molecule has 0 radical (unpaired) electrons. The van der Waals surface area contributed by atoms with Crippen LogP contribution in [0.15, 0.2) is 16.6 Å². The van der Waals surface area contributed by atoms with Crippen molar-refractivity contribution < 1.29 is 14.3 Å². The molecule has 2 fully saturated rings. The van der Waals surface area contributed by atoms with Gasteiger partial charge in [0.2, 0.25) is 5.91 Å². The van der Waals surface area contributed by atoms with E-state index in [0.717, 1.165) is 40.7 Å². The molecule has 3 aliphatic heterocycles. The number of nitrogens with one attached hydrogen (secondary N) is 1. The lowest BCUT2D eigenvalue weighted by Crippen LogP contribution is -2.47. The zero-order valence-corrected chi connectivity index (χ0v) is 15.5. The third-order valence-corrected chi connectivity index (χ3v) is 6.18. The molecule has 1 N–H and O–H groups in total. The summed E-state index contributed by atoms with van der Waals surface area (Å²) in [5.41, 5.74) is 2.21. The van der Waals surface area contributed by atoms with Gasteiger partial charge in [0.1, 0.15) is 5.54 Å². The third kappa shape index (κ3) is 2.02. The van der Waals surface area contributed by atoms with Crippen LogP contribution in [0.5, 0.6) is 0 Å². The number of hydrogen-bond donors (Lipinski definition) is 1. The Morgan fingerprint density at radius 2 is 2.29 bits per heavy atom. The van der Waals surface area contributed by atoms with Gasteiger partial charge in [0.25, 0.3) is 0 Å². The zero-order chi connectivity index (χ0) is 17.1. The molecule has 1 spiro atoms. The van der Waals surface area contributed by atoms with Crippen molar-refractivity contribution in [2.45, 2.75) is 44.7 Å². The standard InChI is InChI=1S/C18H21BrN2O3/c1-3-24-16(22)12-9-18(21-6-4-5-14(12)21)13-8-11(19)7-10(2)15(13)20-17(18)23/h7-8,12,14H,3-6,9H2,1-2H3,(H,20,23)/t12-,14-,18+/m1/s1. The van der Waals surface area contributed by atoms with Crippen LogP contribution in [0.1, 0.15) is 37.3 Å². The van der Waals surface area contributed by atoms with Gasteiger partial charge in [0, 0.05) is 21.8 Å². The molecule has 6 heteroatoms. The predicted octanol–water partition coefficient (Wildman–Crippen LogP) is 2.95. The van der Waals surface area contributed by atoms with Gasteiger partial charge in [-0.2, -0.15) is 0 Å². The Balaban J connectivity index is 1.84. The first-order chi connectivity index (χ1) is 11.5. The van der Waals surface area contributed by atoms with E-state index < -0.39 is 5.54 Å². The van der Waals surface area contributed by atoms with E-state index in [1.54, 1.807) is 0 Å². The molecule has 4 rings (SSSR count). The summed E-state index contributed by atoms with van der Waals surface area (Å²) in [4.78, 5) is 27.8. The van der Waals surface area contributed by atoms with E-state index in [0.29, 0.717) is 13.0 Å². The topological polar surface area (TPSA) is 58.6 Å². The molecule has 1 aromatic rings. The molecule has 0 unspecified atom stereocenters. The number of esters is 1. The molecule has 128 valence electrons. The van der Waals surface area contributed by atoms with Gasteiger partial charge in [-0.05, 0) is 57.4 Å². The third-order valence-electron chi connectivity index (χ3n) is 5.72. The number of hydrogen-bond acceptors (Lipinski definition) is 4. The van der Waals surface area contributed by atoms with Crippen LogP contribution in [0.4, 0.5) is 5.69 Å². The minimum atomic E-state index is -0.734. The lowest BCUT2D eigenvalue weighted by Gasteiger charge is -2.32. The summed E-state index contributed by atoms with van der Waals surface area (Å²) in [5.74, 6) is -0.403. The van der Waals surface area contributed by atoms with Crippen molar-refractivity contribution in [2.24, 2.45) is 5.92 Å². The Bertz CT molecular complexity index is 735. The van der Waals surface area contributed by atoms with Gasteiger partial charge in [-0.1, -0.05) is 15.9 Å². The maximum absolute atomic E-state index is 13.1. The molecule has 2 saturated heterocycles. The number of halogens is 1. The fourth-order valence-corrected chi connectivity index (χ4v) is 5.38. The highest BCUT2D eigenvalue weighted by atomic mass is 79.9. The second-order valence-electron chi connectivity index (χ2n) is 6.93. The molecule has 1 aromatic carbocycles. The lowest BCUT2D eigenvalue weighted by molar-refractivity contribution is -0.148. The van der Waals surface area contributed by atoms with E-state index in [1.165, 1.54) is 0 Å². The molecular weight excluding hydrogens is 372 g/mol. The highest BCUT2D eigenvalue weighted by molar-refractivity contribution is 9.10. The summed E-state index contributed by atoms with van der Waals surface area (Å²) in [6.07, 6.45) is 2.46. The number of amides is 1. The monoisotopic (exact) mass is 392 g/mol. The van der Waals surface area contributed by atoms with Crippen molar-refractivity contribution in [3.63, 3.8) is 0 Å². The molecule has 0 aromatic heterocycles. The molecular formula is C18H21BrN2O3. The Morgan fingerprint density at radius 1 is 1.50 bits per heavy atom. The number of carbonyl (C=O) groups excluding carboxylic acids is 2. The summed E-state index contributed by atoms with van der Waals surface area (Å²) in [6, 6.07) is 4.14. The first-order valence-electron chi connectivity index (χ1n) is 8.54. The summed E-state index contributed by atoms with van der Waals surface area (Å²) < 4.78 is 6.26. The molecule has 3 aliphatic rings. The normalized spacial score (nSPS) is 31.2. The van der Waals surface area contributed by atoms with E-state index in [9.17, 15) is 9.59 Å². The molecule has 0 saturated carbocycles. The molecule has 3 atom stereocenters. The summed E-state index contributed by atoms with van der Waals surface area (Å²) >= 11 is 3.56. The minimum Gasteiger partial charge on any atom is -0.466 e. The van der Waals surface area contributed by atoms with Crippen LogP contribution >= 0.6 is 15.9 Å². The van der Waals surface area contributed by atoms with Gasteiger partial charge < -0.3 is 10.1 Å². The van der Waals surface area contributed by atoms with Crippen LogP contribution < -0.4 is 5.32 Å². The van der Waals surface area contributed by atoms with Gasteiger partial charge in [-0.15, -0.1) is 0 Å². The largest absolute Gasteiger partial charge is 0.466 e. The highest BCUT2D eigenvalue weighted by Gasteiger charge is 2.63. The molecule has 5 nitrogen and oxygen atoms in total. The number of ether oxygens (including phenoxy) is 1. The Kier molecular flexibility index (Phi) is 3.73. The van der Waals surface area contributed by atoms with Crippen molar-refractivity contribution in [2.75, 3.05) is 18.5 Å². The van der Waals surface area contributed by atoms with Crippen molar-refractivity contribution >= 4 is 33.5 Å². The number of fused-ring (bicyclic) bond motifs is 4. The van der Waals surface area contributed by atoms with Crippen molar-refractivity contribution in [3.05, 3.63) is 27.7 Å². The number of nitrogens with zero attached hydrogens (tertiary/aromatic N) is 1. The van der Waals surface area contributed by atoms with Gasteiger partial charge in [-0.3, -0.25) is 14.5 Å². The number of carbonyl (C=O) groups is 2. The van der Waals surface area contributed by atoms with Crippen molar-refractivity contribution in [1.29, 1.82) is 0 Å². The summed E-state index contributed by atoms with van der Waals surface area (Å²) in [6.45, 7) is 5.05. The Morgan fingerprint density at radius 3 is 3.04 bits per heavy atom. The SMILES string of the molecule is CCOC(=O)[C@@H]1C[C@]2(C(=O)Nc3c(C)cc(Br)cc32)N2CCC[C@H]12. The first-order valence-corrected chi connectivity index (χ1v) is 9.33.